The lowest BCUT2D eigenvalue weighted by Crippen LogP contribution is -2.26. The van der Waals surface area contributed by atoms with Crippen LogP contribution in [-0.4, -0.2) is 25.1 Å². The molecule has 1 rings (SSSR count). The predicted molar refractivity (Wildman–Crippen MR) is 84.0 cm³/mol. The molecule has 0 atom stereocenters. The highest BCUT2D eigenvalue weighted by atomic mass is 16.7. The summed E-state index contributed by atoms with van der Waals surface area (Å²) in [4.78, 5) is 16.3. The van der Waals surface area contributed by atoms with Crippen LogP contribution in [0, 0.1) is 0 Å². The second kappa shape index (κ2) is 16.4. The highest BCUT2D eigenvalue weighted by Gasteiger charge is 2.12. The van der Waals surface area contributed by atoms with E-state index in [1.807, 2.05) is 41.5 Å². The van der Waals surface area contributed by atoms with Crippen LogP contribution >= 0.6 is 0 Å². The van der Waals surface area contributed by atoms with Gasteiger partial charge in [0.05, 0.1) is 12.7 Å². The fraction of sp³-hybridized carbons (Fsp3) is 0.533. The zero-order valence-corrected chi connectivity index (χ0v) is 13.7. The Morgan fingerprint density at radius 2 is 1.47 bits per heavy atom. The van der Waals surface area contributed by atoms with E-state index in [0.717, 1.165) is 5.06 Å². The van der Waals surface area contributed by atoms with E-state index in [2.05, 4.69) is 0 Å². The van der Waals surface area contributed by atoms with E-state index in [9.17, 15) is 4.79 Å². The third-order valence-corrected chi connectivity index (χ3v) is 1.75. The van der Waals surface area contributed by atoms with E-state index in [1.54, 1.807) is 24.3 Å². The smallest absolute Gasteiger partial charge is 0.279 e. The summed E-state index contributed by atoms with van der Waals surface area (Å²) in [5.74, 6) is -0.249. The Labute approximate surface area is 118 Å². The molecule has 1 aromatic carbocycles. The summed E-state index contributed by atoms with van der Waals surface area (Å²) in [6.45, 7) is 12.0. The number of nitrogens with two attached hydrogens (primary N) is 1. The van der Waals surface area contributed by atoms with Gasteiger partial charge in [-0.1, -0.05) is 53.7 Å². The van der Waals surface area contributed by atoms with Gasteiger partial charge >= 0.3 is 0 Å². The second-order valence-corrected chi connectivity index (χ2v) is 2.57. The van der Waals surface area contributed by atoms with Crippen LogP contribution in [0.5, 0.6) is 0 Å². The molecule has 0 saturated heterocycles. The molecule has 4 heteroatoms. The molecular formula is C15H30N2O2. The fourth-order valence-electron chi connectivity index (χ4n) is 0.944. The lowest BCUT2D eigenvalue weighted by molar-refractivity contribution is -0.0756. The number of anilines is 1. The lowest BCUT2D eigenvalue weighted by Gasteiger charge is -2.14. The average Bonchev–Trinajstić information content (AvgIpc) is 2.52. The number of hydroxylamine groups is 2. The summed E-state index contributed by atoms with van der Waals surface area (Å²) < 4.78 is 0. The van der Waals surface area contributed by atoms with Gasteiger partial charge in [0.25, 0.3) is 5.91 Å². The van der Waals surface area contributed by atoms with Crippen LogP contribution in [0.4, 0.5) is 5.69 Å². The highest BCUT2D eigenvalue weighted by molar-refractivity contribution is 5.98. The van der Waals surface area contributed by atoms with Crippen molar-refractivity contribution in [2.24, 2.45) is 0 Å². The maximum atomic E-state index is 11.5. The second-order valence-electron chi connectivity index (χ2n) is 2.57. The van der Waals surface area contributed by atoms with Gasteiger partial charge in [0.1, 0.15) is 0 Å². The number of nitrogen functional groups attached to an aromatic ring is 1. The minimum absolute atomic E-state index is 0.249. The molecule has 0 fully saturated rings. The highest BCUT2D eigenvalue weighted by Crippen LogP contribution is 2.12. The summed E-state index contributed by atoms with van der Waals surface area (Å²) in [6.07, 6.45) is 0. The van der Waals surface area contributed by atoms with Crippen molar-refractivity contribution in [3.05, 3.63) is 29.8 Å². The van der Waals surface area contributed by atoms with Crippen molar-refractivity contribution >= 4 is 11.6 Å². The molecule has 0 aliphatic rings. The zero-order chi connectivity index (χ0) is 15.8. The standard InChI is InChI=1S/C9H12N2O2.3C2H6/c1-11(13-2)9(12)7-5-3-4-6-8(7)10;3*1-2/h3-6H,10H2,1-2H3;3*1-2H3. The monoisotopic (exact) mass is 270 g/mol. The van der Waals surface area contributed by atoms with Crippen molar-refractivity contribution in [3.63, 3.8) is 0 Å². The molecule has 0 unspecified atom stereocenters. The number of hydrogen-bond acceptors (Lipinski definition) is 3. The first-order valence-corrected chi connectivity index (χ1v) is 6.83. The molecule has 2 N–H and O–H groups in total. The number of benzene rings is 1. The molecule has 1 amide bonds. The SMILES string of the molecule is CC.CC.CC.CON(C)C(=O)c1ccccc1N. The maximum absolute atomic E-state index is 11.5. The number of carbonyl (C=O) groups is 1. The van der Waals surface area contributed by atoms with Crippen molar-refractivity contribution in [1.29, 1.82) is 0 Å². The topological polar surface area (TPSA) is 55.6 Å². The number of carbonyl (C=O) groups excluding carboxylic acids is 1. The van der Waals surface area contributed by atoms with E-state index >= 15 is 0 Å². The summed E-state index contributed by atoms with van der Waals surface area (Å²) in [5, 5.41) is 1.13. The Morgan fingerprint density at radius 1 is 1.05 bits per heavy atom. The molecule has 0 bridgehead atoms. The van der Waals surface area contributed by atoms with E-state index in [-0.39, 0.29) is 5.91 Å². The lowest BCUT2D eigenvalue weighted by atomic mass is 10.2. The molecule has 4 nitrogen and oxygen atoms in total. The van der Waals surface area contributed by atoms with E-state index in [4.69, 9.17) is 10.6 Å². The zero-order valence-electron chi connectivity index (χ0n) is 13.7. The molecule has 19 heavy (non-hydrogen) atoms. The van der Waals surface area contributed by atoms with E-state index < -0.39 is 0 Å². The van der Waals surface area contributed by atoms with Crippen LogP contribution in [0.15, 0.2) is 24.3 Å². The van der Waals surface area contributed by atoms with Gasteiger partial charge in [0, 0.05) is 12.7 Å². The molecule has 1 aromatic rings. The Bertz CT molecular complexity index is 315. The van der Waals surface area contributed by atoms with Crippen molar-refractivity contribution in [1.82, 2.24) is 5.06 Å². The average molecular weight is 270 g/mol. The van der Waals surface area contributed by atoms with E-state index in [1.165, 1.54) is 14.2 Å². The largest absolute Gasteiger partial charge is 0.398 e. The molecule has 0 radical (unpaired) electrons. The van der Waals surface area contributed by atoms with Crippen LogP contribution in [0.25, 0.3) is 0 Å². The quantitative estimate of drug-likeness (QED) is 0.653. The van der Waals surface area contributed by atoms with Gasteiger partial charge < -0.3 is 5.73 Å². The van der Waals surface area contributed by atoms with Crippen molar-refractivity contribution in [3.8, 4) is 0 Å². The molecule has 0 saturated carbocycles. The maximum Gasteiger partial charge on any atom is 0.279 e. The Morgan fingerprint density at radius 3 is 1.84 bits per heavy atom. The minimum Gasteiger partial charge on any atom is -0.398 e. The van der Waals surface area contributed by atoms with Gasteiger partial charge in [-0.15, -0.1) is 0 Å². The van der Waals surface area contributed by atoms with Crippen LogP contribution < -0.4 is 5.73 Å². The summed E-state index contributed by atoms with van der Waals surface area (Å²) in [5.41, 5.74) is 6.52. The van der Waals surface area contributed by atoms with Crippen molar-refractivity contribution in [2.75, 3.05) is 19.9 Å². The van der Waals surface area contributed by atoms with Gasteiger partial charge in [0.15, 0.2) is 0 Å². The van der Waals surface area contributed by atoms with Gasteiger partial charge in [-0.25, -0.2) is 5.06 Å². The number of hydrogen-bond donors (Lipinski definition) is 1. The number of nitrogens with zero attached hydrogens (tertiary/aromatic N) is 1. The summed E-state index contributed by atoms with van der Waals surface area (Å²) >= 11 is 0. The Balaban J connectivity index is -0.000000375. The summed E-state index contributed by atoms with van der Waals surface area (Å²) in [6, 6.07) is 6.87. The third-order valence-electron chi connectivity index (χ3n) is 1.75. The normalized spacial score (nSPS) is 7.58. The molecular weight excluding hydrogens is 240 g/mol. The first kappa shape index (κ1) is 22.6. The molecule has 0 aromatic heterocycles. The first-order valence-electron chi connectivity index (χ1n) is 6.83. The van der Waals surface area contributed by atoms with Crippen molar-refractivity contribution < 1.29 is 9.63 Å². The van der Waals surface area contributed by atoms with Gasteiger partial charge in [0.2, 0.25) is 0 Å². The fourth-order valence-corrected chi connectivity index (χ4v) is 0.944. The van der Waals surface area contributed by atoms with Crippen LogP contribution in [0.3, 0.4) is 0 Å². The van der Waals surface area contributed by atoms with Crippen molar-refractivity contribution in [2.45, 2.75) is 41.5 Å². The van der Waals surface area contributed by atoms with Gasteiger partial charge in [-0.3, -0.25) is 9.63 Å². The van der Waals surface area contributed by atoms with Gasteiger partial charge in [-0.05, 0) is 12.1 Å². The summed E-state index contributed by atoms with van der Waals surface area (Å²) in [7, 11) is 2.96. The number of rotatable bonds is 2. The molecule has 0 aliphatic carbocycles. The Hall–Kier alpha value is -1.55. The molecule has 0 aliphatic heterocycles. The first-order chi connectivity index (χ1) is 9.16. The molecule has 112 valence electrons. The number of para-hydroxylation sites is 1. The Kier molecular flexibility index (Phi) is 19.6. The minimum atomic E-state index is -0.249. The van der Waals surface area contributed by atoms with Crippen LogP contribution in [0.1, 0.15) is 51.9 Å². The van der Waals surface area contributed by atoms with Crippen LogP contribution in [-0.2, 0) is 4.84 Å². The molecule has 0 spiro atoms. The van der Waals surface area contributed by atoms with E-state index in [0.29, 0.717) is 11.3 Å². The van der Waals surface area contributed by atoms with Crippen LogP contribution in [0.2, 0.25) is 0 Å². The van der Waals surface area contributed by atoms with Gasteiger partial charge in [-0.2, -0.15) is 0 Å². The number of amides is 1. The third kappa shape index (κ3) is 9.08. The predicted octanol–water partition coefficient (Wildman–Crippen LogP) is 3.98. The molecule has 0 heterocycles.